The summed E-state index contributed by atoms with van der Waals surface area (Å²) in [6.07, 6.45) is 1.65. The summed E-state index contributed by atoms with van der Waals surface area (Å²) in [4.78, 5) is 8.41. The maximum atomic E-state index is 13.2. The van der Waals surface area contributed by atoms with Gasteiger partial charge in [0.2, 0.25) is 0 Å². The highest BCUT2D eigenvalue weighted by atomic mass is 19.1. The second-order valence-corrected chi connectivity index (χ2v) is 3.86. The van der Waals surface area contributed by atoms with E-state index in [1.54, 1.807) is 18.3 Å². The van der Waals surface area contributed by atoms with Crippen LogP contribution in [0, 0.1) is 5.82 Å². The van der Waals surface area contributed by atoms with Gasteiger partial charge in [0.15, 0.2) is 0 Å². The van der Waals surface area contributed by atoms with E-state index in [1.165, 1.54) is 19.2 Å². The summed E-state index contributed by atoms with van der Waals surface area (Å²) >= 11 is 0. The second-order valence-electron chi connectivity index (χ2n) is 3.86. The van der Waals surface area contributed by atoms with Crippen LogP contribution in [-0.4, -0.2) is 24.1 Å². The first kappa shape index (κ1) is 13.2. The van der Waals surface area contributed by atoms with Crippen LogP contribution in [0.1, 0.15) is 5.82 Å². The largest absolute Gasteiger partial charge is 0.495 e. The van der Waals surface area contributed by atoms with Crippen LogP contribution in [0.5, 0.6) is 5.75 Å². The topological polar surface area (TPSA) is 59.1 Å². The molecule has 0 bridgehead atoms. The van der Waals surface area contributed by atoms with Crippen molar-refractivity contribution in [2.45, 2.75) is 6.54 Å². The Kier molecular flexibility index (Phi) is 4.25. The Morgan fingerprint density at radius 2 is 2.16 bits per heavy atom. The molecule has 0 amide bonds. The standard InChI is InChI=1S/C13H15FN4O/c1-15-8-13-16-6-5-12(18-13)17-10-7-9(14)3-4-11(10)19-2/h3-7,15H,8H2,1-2H3,(H,16,17,18). The maximum absolute atomic E-state index is 13.2. The summed E-state index contributed by atoms with van der Waals surface area (Å²) < 4.78 is 18.4. The predicted molar refractivity (Wildman–Crippen MR) is 71.0 cm³/mol. The molecule has 2 aromatic rings. The molecule has 0 saturated heterocycles. The number of benzene rings is 1. The molecule has 0 unspecified atom stereocenters. The number of anilines is 2. The zero-order valence-corrected chi connectivity index (χ0v) is 10.8. The molecular weight excluding hydrogens is 247 g/mol. The van der Waals surface area contributed by atoms with Crippen LogP contribution in [0.2, 0.25) is 0 Å². The Morgan fingerprint density at radius 1 is 1.32 bits per heavy atom. The molecule has 0 saturated carbocycles. The Morgan fingerprint density at radius 3 is 2.89 bits per heavy atom. The fourth-order valence-electron chi connectivity index (χ4n) is 1.63. The van der Waals surface area contributed by atoms with Gasteiger partial charge in [-0.25, -0.2) is 14.4 Å². The summed E-state index contributed by atoms with van der Waals surface area (Å²) in [6.45, 7) is 0.565. The monoisotopic (exact) mass is 262 g/mol. The number of methoxy groups -OCH3 is 1. The third kappa shape index (κ3) is 3.38. The molecule has 0 aliphatic carbocycles. The van der Waals surface area contributed by atoms with Crippen molar-refractivity contribution in [3.8, 4) is 5.75 Å². The fraction of sp³-hybridized carbons (Fsp3) is 0.231. The van der Waals surface area contributed by atoms with Crippen LogP contribution in [0.3, 0.4) is 0 Å². The third-order valence-electron chi connectivity index (χ3n) is 2.46. The van der Waals surface area contributed by atoms with Crippen molar-refractivity contribution < 1.29 is 9.13 Å². The molecule has 2 rings (SSSR count). The number of halogens is 1. The predicted octanol–water partition coefficient (Wildman–Crippen LogP) is 2.09. The zero-order chi connectivity index (χ0) is 13.7. The molecule has 1 aromatic heterocycles. The van der Waals surface area contributed by atoms with Gasteiger partial charge in [0.05, 0.1) is 19.3 Å². The normalized spacial score (nSPS) is 10.3. The van der Waals surface area contributed by atoms with Crippen molar-refractivity contribution in [1.82, 2.24) is 15.3 Å². The van der Waals surface area contributed by atoms with Crippen molar-refractivity contribution in [2.75, 3.05) is 19.5 Å². The Bertz CT molecular complexity index is 562. The molecule has 6 heteroatoms. The number of ether oxygens (including phenoxy) is 1. The highest BCUT2D eigenvalue weighted by Crippen LogP contribution is 2.27. The lowest BCUT2D eigenvalue weighted by Crippen LogP contribution is -2.09. The first-order chi connectivity index (χ1) is 9.22. The molecule has 1 heterocycles. The van der Waals surface area contributed by atoms with Crippen LogP contribution in [0.4, 0.5) is 15.9 Å². The minimum absolute atomic E-state index is 0.340. The number of hydrogen-bond donors (Lipinski definition) is 2. The van der Waals surface area contributed by atoms with Gasteiger partial charge in [-0.2, -0.15) is 0 Å². The summed E-state index contributed by atoms with van der Waals surface area (Å²) in [5, 5.41) is 5.99. The number of nitrogens with one attached hydrogen (secondary N) is 2. The molecule has 0 spiro atoms. The highest BCUT2D eigenvalue weighted by molar-refractivity contribution is 5.63. The van der Waals surface area contributed by atoms with E-state index in [-0.39, 0.29) is 5.82 Å². The van der Waals surface area contributed by atoms with E-state index in [1.807, 2.05) is 7.05 Å². The highest BCUT2D eigenvalue weighted by Gasteiger charge is 2.06. The third-order valence-corrected chi connectivity index (χ3v) is 2.46. The van der Waals surface area contributed by atoms with Crippen molar-refractivity contribution >= 4 is 11.5 Å². The van der Waals surface area contributed by atoms with Gasteiger partial charge in [0, 0.05) is 12.3 Å². The van der Waals surface area contributed by atoms with Crippen LogP contribution < -0.4 is 15.4 Å². The first-order valence-corrected chi connectivity index (χ1v) is 5.80. The molecule has 100 valence electrons. The molecule has 1 aromatic carbocycles. The van der Waals surface area contributed by atoms with Crippen LogP contribution in [0.15, 0.2) is 30.5 Å². The van der Waals surface area contributed by atoms with Crippen LogP contribution >= 0.6 is 0 Å². The summed E-state index contributed by atoms with van der Waals surface area (Å²) in [6, 6.07) is 5.98. The van der Waals surface area contributed by atoms with Gasteiger partial charge in [-0.1, -0.05) is 0 Å². The second kappa shape index (κ2) is 6.10. The molecule has 5 nitrogen and oxygen atoms in total. The lowest BCUT2D eigenvalue weighted by atomic mass is 10.3. The minimum atomic E-state index is -0.340. The van der Waals surface area contributed by atoms with E-state index in [4.69, 9.17) is 4.74 Å². The van der Waals surface area contributed by atoms with Gasteiger partial charge in [0.1, 0.15) is 23.2 Å². The van der Waals surface area contributed by atoms with E-state index in [9.17, 15) is 4.39 Å². The quantitative estimate of drug-likeness (QED) is 0.864. The zero-order valence-electron chi connectivity index (χ0n) is 10.8. The average molecular weight is 262 g/mol. The Balaban J connectivity index is 2.25. The van der Waals surface area contributed by atoms with E-state index in [0.717, 1.165) is 0 Å². The number of rotatable bonds is 5. The molecule has 0 atom stereocenters. The van der Waals surface area contributed by atoms with Crippen molar-refractivity contribution in [3.05, 3.63) is 42.1 Å². The van der Waals surface area contributed by atoms with Gasteiger partial charge < -0.3 is 15.4 Å². The van der Waals surface area contributed by atoms with Crippen molar-refractivity contribution in [2.24, 2.45) is 0 Å². The fourth-order valence-corrected chi connectivity index (χ4v) is 1.63. The SMILES string of the molecule is CNCc1nccc(Nc2cc(F)ccc2OC)n1. The molecule has 0 aliphatic heterocycles. The van der Waals surface area contributed by atoms with Crippen LogP contribution in [0.25, 0.3) is 0 Å². The molecule has 19 heavy (non-hydrogen) atoms. The molecule has 2 N–H and O–H groups in total. The van der Waals surface area contributed by atoms with Gasteiger partial charge >= 0.3 is 0 Å². The molecule has 0 radical (unpaired) electrons. The lowest BCUT2D eigenvalue weighted by molar-refractivity contribution is 0.416. The molecule has 0 aliphatic rings. The molecular formula is C13H15FN4O. The first-order valence-electron chi connectivity index (χ1n) is 5.80. The van der Waals surface area contributed by atoms with Gasteiger partial charge in [-0.05, 0) is 25.2 Å². The van der Waals surface area contributed by atoms with E-state index < -0.39 is 0 Å². The number of aromatic nitrogens is 2. The molecule has 0 fully saturated rings. The van der Waals surface area contributed by atoms with Gasteiger partial charge in [-0.3, -0.25) is 0 Å². The summed E-state index contributed by atoms with van der Waals surface area (Å²) in [5.74, 6) is 1.45. The Hall–Kier alpha value is -2.21. The summed E-state index contributed by atoms with van der Waals surface area (Å²) in [7, 11) is 3.35. The minimum Gasteiger partial charge on any atom is -0.495 e. The summed E-state index contributed by atoms with van der Waals surface area (Å²) in [5.41, 5.74) is 0.525. The smallest absolute Gasteiger partial charge is 0.144 e. The lowest BCUT2D eigenvalue weighted by Gasteiger charge is -2.11. The van der Waals surface area contributed by atoms with Crippen LogP contribution in [-0.2, 0) is 6.54 Å². The van der Waals surface area contributed by atoms with Gasteiger partial charge in [0.25, 0.3) is 0 Å². The van der Waals surface area contributed by atoms with Gasteiger partial charge in [-0.15, -0.1) is 0 Å². The maximum Gasteiger partial charge on any atom is 0.144 e. The average Bonchev–Trinajstić information content (AvgIpc) is 2.40. The van der Waals surface area contributed by atoms with Crippen molar-refractivity contribution in [1.29, 1.82) is 0 Å². The Labute approximate surface area is 110 Å². The van der Waals surface area contributed by atoms with Crippen molar-refractivity contribution in [3.63, 3.8) is 0 Å². The van der Waals surface area contributed by atoms with E-state index in [0.29, 0.717) is 29.6 Å². The van der Waals surface area contributed by atoms with E-state index >= 15 is 0 Å². The van der Waals surface area contributed by atoms with E-state index in [2.05, 4.69) is 20.6 Å². The number of hydrogen-bond acceptors (Lipinski definition) is 5. The number of nitrogens with zero attached hydrogens (tertiary/aromatic N) is 2.